The van der Waals surface area contributed by atoms with Crippen molar-refractivity contribution in [3.63, 3.8) is 0 Å². The second-order valence-corrected chi connectivity index (χ2v) is 7.71. The summed E-state index contributed by atoms with van der Waals surface area (Å²) in [7, 11) is -2.83. The molecule has 0 aliphatic carbocycles. The van der Waals surface area contributed by atoms with Crippen molar-refractivity contribution in [1.29, 1.82) is 0 Å². The quantitative estimate of drug-likeness (QED) is 0.676. The standard InChI is InChI=1S/C11H23BrO2S/c1-5-7-15(13,14)8-6-11(4,9-12)10(2)3/h10H,5-9H2,1-4H3. The van der Waals surface area contributed by atoms with Gasteiger partial charge < -0.3 is 0 Å². The molecule has 4 heteroatoms. The predicted octanol–water partition coefficient (Wildman–Crippen LogP) is 3.26. The molecule has 92 valence electrons. The zero-order valence-corrected chi connectivity index (χ0v) is 12.6. The van der Waals surface area contributed by atoms with Crippen LogP contribution in [-0.4, -0.2) is 25.3 Å². The Hall–Kier alpha value is 0.430. The highest BCUT2D eigenvalue weighted by molar-refractivity contribution is 9.09. The van der Waals surface area contributed by atoms with Crippen LogP contribution in [0.25, 0.3) is 0 Å². The molecule has 0 rings (SSSR count). The average molecular weight is 299 g/mol. The van der Waals surface area contributed by atoms with Gasteiger partial charge in [-0.2, -0.15) is 0 Å². The predicted molar refractivity (Wildman–Crippen MR) is 70.3 cm³/mol. The zero-order valence-electron chi connectivity index (χ0n) is 10.2. The Balaban J connectivity index is 4.36. The molecule has 0 N–H and O–H groups in total. The molecule has 0 aromatic heterocycles. The van der Waals surface area contributed by atoms with E-state index in [4.69, 9.17) is 0 Å². The lowest BCUT2D eigenvalue weighted by molar-refractivity contribution is 0.250. The summed E-state index contributed by atoms with van der Waals surface area (Å²) in [5.74, 6) is 1.14. The van der Waals surface area contributed by atoms with E-state index in [1.54, 1.807) is 0 Å². The van der Waals surface area contributed by atoms with Crippen LogP contribution in [-0.2, 0) is 9.84 Å². The van der Waals surface area contributed by atoms with Crippen LogP contribution in [0.2, 0.25) is 0 Å². The third-order valence-corrected chi connectivity index (χ3v) is 6.34. The summed E-state index contributed by atoms with van der Waals surface area (Å²) in [6, 6.07) is 0. The van der Waals surface area contributed by atoms with Gasteiger partial charge in [0.2, 0.25) is 0 Å². The highest BCUT2D eigenvalue weighted by atomic mass is 79.9. The second kappa shape index (κ2) is 6.24. The Kier molecular flexibility index (Phi) is 6.41. The van der Waals surface area contributed by atoms with Crippen molar-refractivity contribution in [2.24, 2.45) is 11.3 Å². The summed E-state index contributed by atoms with van der Waals surface area (Å²) in [5.41, 5.74) is 0.0841. The molecule has 0 amide bonds. The lowest BCUT2D eigenvalue weighted by Gasteiger charge is -2.31. The fourth-order valence-electron chi connectivity index (χ4n) is 1.31. The van der Waals surface area contributed by atoms with E-state index in [2.05, 4.69) is 36.7 Å². The Morgan fingerprint density at radius 2 is 1.80 bits per heavy atom. The van der Waals surface area contributed by atoms with Crippen molar-refractivity contribution in [1.82, 2.24) is 0 Å². The fourth-order valence-corrected chi connectivity index (χ4v) is 3.84. The van der Waals surface area contributed by atoms with Crippen LogP contribution in [0.3, 0.4) is 0 Å². The normalized spacial score (nSPS) is 16.7. The number of hydrogen-bond acceptors (Lipinski definition) is 2. The molecule has 1 unspecified atom stereocenters. The van der Waals surface area contributed by atoms with E-state index in [9.17, 15) is 8.42 Å². The summed E-state index contributed by atoms with van der Waals surface area (Å²) >= 11 is 3.48. The molecule has 15 heavy (non-hydrogen) atoms. The van der Waals surface area contributed by atoms with Gasteiger partial charge in [0.25, 0.3) is 0 Å². The summed E-state index contributed by atoms with van der Waals surface area (Å²) in [6.07, 6.45) is 1.47. The van der Waals surface area contributed by atoms with Crippen molar-refractivity contribution < 1.29 is 8.42 Å². The van der Waals surface area contributed by atoms with E-state index in [1.807, 2.05) is 6.92 Å². The third-order valence-electron chi connectivity index (χ3n) is 3.20. The molecule has 0 bridgehead atoms. The van der Waals surface area contributed by atoms with Gasteiger partial charge in [-0.15, -0.1) is 0 Å². The van der Waals surface area contributed by atoms with Gasteiger partial charge in [0.1, 0.15) is 9.84 Å². The van der Waals surface area contributed by atoms with E-state index in [0.29, 0.717) is 17.4 Å². The van der Waals surface area contributed by atoms with E-state index >= 15 is 0 Å². The Morgan fingerprint density at radius 1 is 1.27 bits per heavy atom. The minimum Gasteiger partial charge on any atom is -0.229 e. The molecule has 0 fully saturated rings. The average Bonchev–Trinajstić information content (AvgIpc) is 2.14. The number of halogens is 1. The number of sulfone groups is 1. The van der Waals surface area contributed by atoms with Gasteiger partial charge in [-0.05, 0) is 24.2 Å². The van der Waals surface area contributed by atoms with Crippen LogP contribution in [0.4, 0.5) is 0 Å². The molecule has 0 aromatic carbocycles. The van der Waals surface area contributed by atoms with Gasteiger partial charge in [-0.25, -0.2) is 8.42 Å². The molecule has 0 saturated heterocycles. The van der Waals surface area contributed by atoms with E-state index in [0.717, 1.165) is 18.2 Å². The molecule has 1 atom stereocenters. The van der Waals surface area contributed by atoms with Gasteiger partial charge in [0.05, 0.1) is 5.75 Å². The molecular weight excluding hydrogens is 276 g/mol. The minimum absolute atomic E-state index is 0.0841. The summed E-state index contributed by atoms with van der Waals surface area (Å²) in [5, 5.41) is 0.860. The molecule has 0 aliphatic rings. The fraction of sp³-hybridized carbons (Fsp3) is 1.00. The number of hydrogen-bond donors (Lipinski definition) is 0. The summed E-state index contributed by atoms with van der Waals surface area (Å²) in [4.78, 5) is 0. The summed E-state index contributed by atoms with van der Waals surface area (Å²) < 4.78 is 23.2. The SMILES string of the molecule is CCCS(=O)(=O)CCC(C)(CBr)C(C)C. The first kappa shape index (κ1) is 15.4. The first-order valence-corrected chi connectivity index (χ1v) is 8.48. The summed E-state index contributed by atoms with van der Waals surface area (Å²) in [6.45, 7) is 8.35. The van der Waals surface area contributed by atoms with Crippen LogP contribution in [0.1, 0.15) is 40.5 Å². The maximum atomic E-state index is 11.6. The van der Waals surface area contributed by atoms with Crippen molar-refractivity contribution in [2.75, 3.05) is 16.8 Å². The minimum atomic E-state index is -2.83. The van der Waals surface area contributed by atoms with Crippen LogP contribution in [0.15, 0.2) is 0 Å². The van der Waals surface area contributed by atoms with Crippen LogP contribution in [0.5, 0.6) is 0 Å². The molecule has 0 heterocycles. The van der Waals surface area contributed by atoms with E-state index < -0.39 is 9.84 Å². The Labute approximate surface area is 103 Å². The Morgan fingerprint density at radius 3 is 2.13 bits per heavy atom. The van der Waals surface area contributed by atoms with E-state index in [-0.39, 0.29) is 5.41 Å². The number of alkyl halides is 1. The largest absolute Gasteiger partial charge is 0.229 e. The highest BCUT2D eigenvalue weighted by Crippen LogP contribution is 2.33. The van der Waals surface area contributed by atoms with Crippen LogP contribution < -0.4 is 0 Å². The maximum absolute atomic E-state index is 11.6. The first-order valence-electron chi connectivity index (χ1n) is 5.54. The van der Waals surface area contributed by atoms with Gasteiger partial charge in [0.15, 0.2) is 0 Å². The van der Waals surface area contributed by atoms with Crippen molar-refractivity contribution in [2.45, 2.75) is 40.5 Å². The number of rotatable bonds is 7. The molecule has 0 spiro atoms. The lowest BCUT2D eigenvalue weighted by Crippen LogP contribution is -2.28. The van der Waals surface area contributed by atoms with Crippen molar-refractivity contribution in [3.05, 3.63) is 0 Å². The smallest absolute Gasteiger partial charge is 0.150 e. The van der Waals surface area contributed by atoms with Gasteiger partial charge in [-0.3, -0.25) is 0 Å². The lowest BCUT2D eigenvalue weighted by atomic mass is 9.79. The topological polar surface area (TPSA) is 34.1 Å². The Bertz CT molecular complexity index is 272. The second-order valence-electron chi connectivity index (χ2n) is 4.84. The molecule has 0 aromatic rings. The molecule has 0 radical (unpaired) electrons. The molecular formula is C11H23BrO2S. The molecule has 0 saturated carbocycles. The van der Waals surface area contributed by atoms with Gasteiger partial charge in [-0.1, -0.05) is 43.6 Å². The third kappa shape index (κ3) is 5.34. The molecule has 2 nitrogen and oxygen atoms in total. The van der Waals surface area contributed by atoms with Gasteiger partial charge >= 0.3 is 0 Å². The van der Waals surface area contributed by atoms with Crippen LogP contribution in [0, 0.1) is 11.3 Å². The first-order chi connectivity index (χ1) is 6.77. The van der Waals surface area contributed by atoms with Crippen molar-refractivity contribution in [3.8, 4) is 0 Å². The van der Waals surface area contributed by atoms with E-state index in [1.165, 1.54) is 0 Å². The zero-order chi connectivity index (χ0) is 12.1. The monoisotopic (exact) mass is 298 g/mol. The highest BCUT2D eigenvalue weighted by Gasteiger charge is 2.28. The molecule has 0 aliphatic heterocycles. The van der Waals surface area contributed by atoms with Gasteiger partial charge in [0, 0.05) is 11.1 Å². The maximum Gasteiger partial charge on any atom is 0.150 e. The van der Waals surface area contributed by atoms with Crippen molar-refractivity contribution >= 4 is 25.8 Å². The van der Waals surface area contributed by atoms with Crippen LogP contribution >= 0.6 is 15.9 Å².